The quantitative estimate of drug-likeness (QED) is 0.845. The maximum absolute atomic E-state index is 12.5. The minimum absolute atomic E-state index is 0.162. The van der Waals surface area contributed by atoms with Crippen LogP contribution in [0.1, 0.15) is 46.0 Å². The third-order valence-corrected chi connectivity index (χ3v) is 5.07. The Morgan fingerprint density at radius 3 is 2.53 bits per heavy atom. The number of rotatable bonds is 4. The zero-order valence-corrected chi connectivity index (χ0v) is 12.6. The van der Waals surface area contributed by atoms with Gasteiger partial charge in [-0.25, -0.2) is 0 Å². The molecule has 0 aromatic heterocycles. The van der Waals surface area contributed by atoms with Crippen molar-refractivity contribution in [2.24, 2.45) is 5.92 Å². The van der Waals surface area contributed by atoms with Crippen LogP contribution in [-0.4, -0.2) is 49.2 Å². The van der Waals surface area contributed by atoms with Crippen LogP contribution >= 0.6 is 0 Å². The van der Waals surface area contributed by atoms with E-state index in [1.165, 1.54) is 19.4 Å². The lowest BCUT2D eigenvalue weighted by atomic mass is 9.87. The molecular weight excluding hydrogens is 240 g/mol. The summed E-state index contributed by atoms with van der Waals surface area (Å²) in [4.78, 5) is 14.5. The molecule has 1 amide bonds. The average molecular weight is 268 g/mol. The molecule has 1 N–H and O–H groups in total. The van der Waals surface area contributed by atoms with Gasteiger partial charge >= 0.3 is 0 Å². The van der Waals surface area contributed by atoms with Crippen molar-refractivity contribution < 1.29 is 9.53 Å². The molecule has 2 rings (SSSR count). The van der Waals surface area contributed by atoms with E-state index < -0.39 is 5.60 Å². The van der Waals surface area contributed by atoms with Crippen LogP contribution in [0, 0.1) is 5.92 Å². The summed E-state index contributed by atoms with van der Waals surface area (Å²) < 4.78 is 5.43. The molecule has 0 radical (unpaired) electrons. The van der Waals surface area contributed by atoms with Gasteiger partial charge in [0.15, 0.2) is 0 Å². The van der Waals surface area contributed by atoms with Crippen molar-refractivity contribution in [1.82, 2.24) is 10.2 Å². The minimum atomic E-state index is -0.640. The van der Waals surface area contributed by atoms with Gasteiger partial charge < -0.3 is 15.0 Å². The van der Waals surface area contributed by atoms with Crippen molar-refractivity contribution in [3.63, 3.8) is 0 Å². The topological polar surface area (TPSA) is 41.6 Å². The molecule has 4 nitrogen and oxygen atoms in total. The number of nitrogens with zero attached hydrogens (tertiary/aromatic N) is 1. The smallest absolute Gasteiger partial charge is 0.254 e. The Bertz CT molecular complexity index is 301. The van der Waals surface area contributed by atoms with Crippen LogP contribution in [0.4, 0.5) is 0 Å². The normalized spacial score (nSPS) is 28.4. The fourth-order valence-corrected chi connectivity index (χ4v) is 3.34. The zero-order valence-electron chi connectivity index (χ0n) is 12.6. The summed E-state index contributed by atoms with van der Waals surface area (Å²) in [5, 5.41) is 3.59. The maximum Gasteiger partial charge on any atom is 0.254 e. The van der Waals surface area contributed by atoms with Gasteiger partial charge in [0.1, 0.15) is 5.60 Å². The van der Waals surface area contributed by atoms with E-state index in [0.29, 0.717) is 6.04 Å². The van der Waals surface area contributed by atoms with E-state index >= 15 is 0 Å². The number of piperidine rings is 1. The minimum Gasteiger partial charge on any atom is -0.369 e. The third kappa shape index (κ3) is 3.11. The summed E-state index contributed by atoms with van der Waals surface area (Å²) in [6.07, 6.45) is 5.61. The van der Waals surface area contributed by atoms with Crippen molar-refractivity contribution in [1.29, 1.82) is 0 Å². The number of carbonyl (C=O) groups is 1. The highest BCUT2D eigenvalue weighted by Crippen LogP contribution is 2.27. The Labute approximate surface area is 116 Å². The van der Waals surface area contributed by atoms with Gasteiger partial charge in [-0.05, 0) is 51.5 Å². The predicted molar refractivity (Wildman–Crippen MR) is 76.0 cm³/mol. The predicted octanol–water partition coefficient (Wildman–Crippen LogP) is 1.79. The first-order chi connectivity index (χ1) is 9.10. The number of hydrogen-bond acceptors (Lipinski definition) is 3. The molecule has 0 aromatic rings. The second-order valence-corrected chi connectivity index (χ2v) is 6.12. The third-order valence-electron chi connectivity index (χ3n) is 5.07. The molecule has 0 aromatic carbocycles. The summed E-state index contributed by atoms with van der Waals surface area (Å²) in [6.45, 7) is 6.86. The lowest BCUT2D eigenvalue weighted by molar-refractivity contribution is -0.155. The number of nitrogens with one attached hydrogen (secondary N) is 1. The second-order valence-electron chi connectivity index (χ2n) is 6.12. The van der Waals surface area contributed by atoms with Crippen molar-refractivity contribution in [3.8, 4) is 0 Å². The van der Waals surface area contributed by atoms with Crippen molar-refractivity contribution >= 4 is 5.91 Å². The van der Waals surface area contributed by atoms with E-state index in [9.17, 15) is 4.79 Å². The van der Waals surface area contributed by atoms with E-state index in [4.69, 9.17) is 4.74 Å². The highest BCUT2D eigenvalue weighted by atomic mass is 16.5. The number of carbonyl (C=O) groups excluding carboxylic acids is 1. The van der Waals surface area contributed by atoms with Gasteiger partial charge in [-0.3, -0.25) is 4.79 Å². The molecule has 2 heterocycles. The van der Waals surface area contributed by atoms with Crippen LogP contribution in [0.25, 0.3) is 0 Å². The standard InChI is InChI=1S/C15H28N2O2/c1-4-15(2,19-3)14(18)17-10-7-12(8-11-17)13-6-5-9-16-13/h12-13,16H,4-11H2,1-3H3. The molecule has 2 aliphatic rings. The Morgan fingerprint density at radius 1 is 1.37 bits per heavy atom. The van der Waals surface area contributed by atoms with Crippen molar-refractivity contribution in [2.45, 2.75) is 57.6 Å². The van der Waals surface area contributed by atoms with Crippen LogP contribution in [0.15, 0.2) is 0 Å². The summed E-state index contributed by atoms with van der Waals surface area (Å²) in [7, 11) is 1.64. The highest BCUT2D eigenvalue weighted by molar-refractivity contribution is 5.84. The first kappa shape index (κ1) is 14.8. The first-order valence-electron chi connectivity index (χ1n) is 7.68. The molecule has 2 saturated heterocycles. The Balaban J connectivity index is 1.87. The number of amides is 1. The van der Waals surface area contributed by atoms with Gasteiger partial charge in [-0.15, -0.1) is 0 Å². The van der Waals surface area contributed by atoms with Crippen LogP contribution < -0.4 is 5.32 Å². The Morgan fingerprint density at radius 2 is 2.05 bits per heavy atom. The van der Waals surface area contributed by atoms with Gasteiger partial charge in [0.25, 0.3) is 5.91 Å². The molecule has 2 atom stereocenters. The molecule has 2 fully saturated rings. The molecule has 0 spiro atoms. The summed E-state index contributed by atoms with van der Waals surface area (Å²) in [5.41, 5.74) is -0.640. The van der Waals surface area contributed by atoms with Crippen LogP contribution in [0.2, 0.25) is 0 Å². The van der Waals surface area contributed by atoms with Crippen LogP contribution in [0.5, 0.6) is 0 Å². The molecule has 0 saturated carbocycles. The SMILES string of the molecule is CCC(C)(OC)C(=O)N1CCC(C2CCCN2)CC1. The first-order valence-corrected chi connectivity index (χ1v) is 7.68. The number of methoxy groups -OCH3 is 1. The number of hydrogen-bond donors (Lipinski definition) is 1. The number of likely N-dealkylation sites (tertiary alicyclic amines) is 1. The summed E-state index contributed by atoms with van der Waals surface area (Å²) >= 11 is 0. The Hall–Kier alpha value is -0.610. The summed E-state index contributed by atoms with van der Waals surface area (Å²) in [5.74, 6) is 0.914. The molecule has 0 bridgehead atoms. The van der Waals surface area contributed by atoms with E-state index in [-0.39, 0.29) is 5.91 Å². The Kier molecular flexibility index (Phi) is 4.85. The second kappa shape index (κ2) is 6.23. The fraction of sp³-hybridized carbons (Fsp3) is 0.933. The van der Waals surface area contributed by atoms with E-state index in [0.717, 1.165) is 38.3 Å². The summed E-state index contributed by atoms with van der Waals surface area (Å²) in [6, 6.07) is 0.692. The maximum atomic E-state index is 12.5. The van der Waals surface area contributed by atoms with Gasteiger partial charge in [0.05, 0.1) is 0 Å². The van der Waals surface area contributed by atoms with Gasteiger partial charge in [-0.2, -0.15) is 0 Å². The number of ether oxygens (including phenoxy) is 1. The lowest BCUT2D eigenvalue weighted by Gasteiger charge is -2.39. The van der Waals surface area contributed by atoms with Gasteiger partial charge in [0, 0.05) is 26.2 Å². The van der Waals surface area contributed by atoms with Crippen molar-refractivity contribution in [2.75, 3.05) is 26.7 Å². The zero-order chi connectivity index (χ0) is 13.9. The van der Waals surface area contributed by atoms with Crippen LogP contribution in [0.3, 0.4) is 0 Å². The molecule has 2 unspecified atom stereocenters. The average Bonchev–Trinajstić information content (AvgIpc) is 3.00. The lowest BCUT2D eigenvalue weighted by Crippen LogP contribution is -2.51. The molecule has 19 heavy (non-hydrogen) atoms. The van der Waals surface area contributed by atoms with E-state index in [1.807, 2.05) is 18.7 Å². The molecule has 110 valence electrons. The van der Waals surface area contributed by atoms with Gasteiger partial charge in [-0.1, -0.05) is 6.92 Å². The van der Waals surface area contributed by atoms with Crippen LogP contribution in [-0.2, 0) is 9.53 Å². The molecule has 4 heteroatoms. The van der Waals surface area contributed by atoms with E-state index in [2.05, 4.69) is 5.32 Å². The largest absolute Gasteiger partial charge is 0.369 e. The molecular formula is C15H28N2O2. The molecule has 2 aliphatic heterocycles. The molecule has 0 aliphatic carbocycles. The highest BCUT2D eigenvalue weighted by Gasteiger charge is 2.37. The fourth-order valence-electron chi connectivity index (χ4n) is 3.34. The monoisotopic (exact) mass is 268 g/mol. The van der Waals surface area contributed by atoms with E-state index in [1.54, 1.807) is 7.11 Å². The van der Waals surface area contributed by atoms with Gasteiger partial charge in [0.2, 0.25) is 0 Å². The van der Waals surface area contributed by atoms with Crippen molar-refractivity contribution in [3.05, 3.63) is 0 Å².